The summed E-state index contributed by atoms with van der Waals surface area (Å²) in [5.74, 6) is -0.100. The second-order valence-electron chi connectivity index (χ2n) is 6.89. The topological polar surface area (TPSA) is 58.2 Å². The molecular weight excluding hydrogens is 439 g/mol. The summed E-state index contributed by atoms with van der Waals surface area (Å²) < 4.78 is 0. The van der Waals surface area contributed by atoms with Crippen LogP contribution in [0.4, 0.5) is 0 Å². The Bertz CT molecular complexity index is 529. The number of carbonyl (C=O) groups is 1. The zero-order valence-electron chi connectivity index (χ0n) is 14.1. The van der Waals surface area contributed by atoms with Gasteiger partial charge in [0.25, 0.3) is 5.91 Å². The summed E-state index contributed by atoms with van der Waals surface area (Å²) in [6.07, 6.45) is 15.4. The number of hydrogen-bond donors (Lipinski definition) is 2. The molecule has 130 valence electrons. The van der Waals surface area contributed by atoms with Gasteiger partial charge in [-0.15, -0.1) is 0 Å². The molecule has 1 rings (SSSR count). The number of hydrogen-bond acceptors (Lipinski definition) is 2. The zero-order valence-corrected chi connectivity index (χ0v) is 16.1. The van der Waals surface area contributed by atoms with Crippen LogP contribution in [0.5, 0.6) is 0 Å². The van der Waals surface area contributed by atoms with Gasteiger partial charge in [0.1, 0.15) is 0 Å². The fourth-order valence-electron chi connectivity index (χ4n) is 2.58. The molecule has 0 aromatic rings. The van der Waals surface area contributed by atoms with E-state index >= 15 is 0 Å². The second-order valence-corrected chi connectivity index (χ2v) is 6.89. The van der Waals surface area contributed by atoms with Crippen molar-refractivity contribution < 1.29 is 47.8 Å². The summed E-state index contributed by atoms with van der Waals surface area (Å²) in [7, 11) is 0. The fraction of sp³-hybridized carbons (Fsp3) is 0.444. The molecule has 0 aromatic heterocycles. The molecule has 0 radical (unpaired) electrons. The predicted octanol–water partition coefficient (Wildman–Crippen LogP) is 2.56. The summed E-state index contributed by atoms with van der Waals surface area (Å²) in [4.78, 5) is 22.7. The largest absolute Gasteiger partial charge is 0.525 e. The maximum Gasteiger partial charge on any atom is 0.251 e. The zero-order chi connectivity index (χ0) is 16.6. The molecule has 0 unspecified atom stereocenters. The minimum Gasteiger partial charge on any atom is -0.525 e. The first-order chi connectivity index (χ1) is 10.3. The number of amides is 2. The third-order valence-electron chi connectivity index (χ3n) is 3.30. The Kier molecular flexibility index (Phi) is 9.76. The van der Waals surface area contributed by atoms with Crippen LogP contribution in [-0.2, 0) is 9.59 Å². The minimum atomic E-state index is -0.358. The van der Waals surface area contributed by atoms with Gasteiger partial charge in [-0.3, -0.25) is 4.79 Å². The van der Waals surface area contributed by atoms with Crippen molar-refractivity contribution in [2.75, 3.05) is 6.54 Å². The van der Waals surface area contributed by atoms with Crippen LogP contribution in [0.25, 0.3) is 0 Å². The Morgan fingerprint density at radius 2 is 1.70 bits per heavy atom. The number of rotatable bonds is 7. The first-order valence-electron chi connectivity index (χ1n) is 7.40. The van der Waals surface area contributed by atoms with Gasteiger partial charge in [0, 0.05) is 55.8 Å². The Labute approximate surface area is 169 Å². The van der Waals surface area contributed by atoms with E-state index in [1.54, 1.807) is 18.6 Å². The van der Waals surface area contributed by atoms with Crippen molar-refractivity contribution in [1.29, 1.82) is 0 Å². The molecule has 2 N–H and O–H groups in total. The van der Waals surface area contributed by atoms with Crippen molar-refractivity contribution in [3.63, 3.8) is 0 Å². The van der Waals surface area contributed by atoms with Crippen LogP contribution in [-0.4, -0.2) is 24.4 Å². The molecular formula is C18H25DyN2O2-. The molecule has 0 heterocycles. The van der Waals surface area contributed by atoms with Crippen molar-refractivity contribution in [3.8, 4) is 0 Å². The van der Waals surface area contributed by atoms with Crippen LogP contribution in [0, 0.1) is 43.6 Å². The summed E-state index contributed by atoms with van der Waals surface area (Å²) in [5.41, 5.74) is 0.114. The van der Waals surface area contributed by atoms with Crippen molar-refractivity contribution >= 4 is 12.3 Å². The molecule has 1 aliphatic carbocycles. The molecule has 0 fully saturated rings. The average molecular weight is 464 g/mol. The molecule has 0 saturated heterocycles. The van der Waals surface area contributed by atoms with Crippen molar-refractivity contribution in [1.82, 2.24) is 10.6 Å². The van der Waals surface area contributed by atoms with E-state index in [1.807, 2.05) is 44.2 Å². The molecule has 0 spiro atoms. The maximum absolute atomic E-state index is 12.2. The molecule has 2 amide bonds. The number of allylic oxidation sites excluding steroid dienone is 6. The van der Waals surface area contributed by atoms with Gasteiger partial charge in [-0.2, -0.15) is 6.41 Å². The Balaban J connectivity index is 0.00000484. The second kappa shape index (κ2) is 10.1. The number of carbonyl (C=O) groups excluding carboxylic acids is 2. The van der Waals surface area contributed by atoms with Crippen LogP contribution in [0.3, 0.4) is 0 Å². The van der Waals surface area contributed by atoms with Gasteiger partial charge in [-0.1, -0.05) is 44.2 Å². The Morgan fingerprint density at radius 1 is 1.09 bits per heavy atom. The molecule has 0 aliphatic heterocycles. The fourth-order valence-corrected chi connectivity index (χ4v) is 2.58. The molecule has 23 heavy (non-hydrogen) atoms. The first kappa shape index (κ1) is 22.2. The van der Waals surface area contributed by atoms with Crippen LogP contribution in [0.15, 0.2) is 48.1 Å². The normalized spacial score (nSPS) is 20.6. The minimum absolute atomic E-state index is 0. The van der Waals surface area contributed by atoms with Crippen LogP contribution < -0.4 is 10.6 Å². The number of nitrogens with one attached hydrogen (secondary N) is 2. The van der Waals surface area contributed by atoms with Gasteiger partial charge < -0.3 is 15.4 Å². The molecule has 0 atom stereocenters. The molecule has 5 heteroatoms. The molecule has 0 bridgehead atoms. The van der Waals surface area contributed by atoms with Crippen molar-refractivity contribution in [2.45, 2.75) is 39.7 Å². The molecule has 0 aromatic carbocycles. The SMILES string of the molecule is CC(C)(CNC(=O)C1=C/C=C\C=C/C=C\1)CC(C)(C)N[C-]=O.[Dy]. The van der Waals surface area contributed by atoms with Crippen molar-refractivity contribution in [3.05, 3.63) is 48.1 Å². The van der Waals surface area contributed by atoms with Gasteiger partial charge >= 0.3 is 0 Å². The van der Waals surface area contributed by atoms with E-state index in [0.717, 1.165) is 6.42 Å². The summed E-state index contributed by atoms with van der Waals surface area (Å²) in [6.45, 7) is 8.54. The van der Waals surface area contributed by atoms with Gasteiger partial charge in [0.2, 0.25) is 0 Å². The van der Waals surface area contributed by atoms with Gasteiger partial charge in [-0.25, -0.2) is 0 Å². The predicted molar refractivity (Wildman–Crippen MR) is 89.8 cm³/mol. The van der Waals surface area contributed by atoms with Gasteiger partial charge in [0.05, 0.1) is 0 Å². The van der Waals surface area contributed by atoms with E-state index in [-0.39, 0.29) is 55.0 Å². The van der Waals surface area contributed by atoms with Crippen LogP contribution in [0.2, 0.25) is 0 Å². The summed E-state index contributed by atoms with van der Waals surface area (Å²) in [5, 5.41) is 5.65. The third-order valence-corrected chi connectivity index (χ3v) is 3.30. The first-order valence-corrected chi connectivity index (χ1v) is 7.40. The molecule has 1 aliphatic rings. The van der Waals surface area contributed by atoms with E-state index in [4.69, 9.17) is 0 Å². The smallest absolute Gasteiger partial charge is 0.251 e. The standard InChI is InChI=1S/C18H25N2O2.Dy/c1-17(2,12-18(3,4)20-14-21)13-19-16(22)15-10-8-6-5-7-9-11-15;/h5-11H,12-13H2,1-4H3,(H,19,22)(H,20,21);/q-1;/b6-5-,7-5?,8-6?,9-7-,10-8-,11-9?,15-10?,15-11+;. The van der Waals surface area contributed by atoms with Crippen LogP contribution in [0.1, 0.15) is 34.1 Å². The maximum atomic E-state index is 12.2. The van der Waals surface area contributed by atoms with Gasteiger partial charge in [-0.05, 0) is 37.8 Å². The van der Waals surface area contributed by atoms with Gasteiger partial charge in [0.15, 0.2) is 0 Å². The van der Waals surface area contributed by atoms with Crippen molar-refractivity contribution in [2.24, 2.45) is 5.41 Å². The average Bonchev–Trinajstić information content (AvgIpc) is 2.34. The summed E-state index contributed by atoms with van der Waals surface area (Å²) >= 11 is 0. The van der Waals surface area contributed by atoms with Crippen LogP contribution >= 0.6 is 0 Å². The van der Waals surface area contributed by atoms with E-state index in [9.17, 15) is 9.59 Å². The van der Waals surface area contributed by atoms with E-state index in [0.29, 0.717) is 12.1 Å². The third kappa shape index (κ3) is 9.15. The Morgan fingerprint density at radius 3 is 2.35 bits per heavy atom. The molecule has 0 saturated carbocycles. The molecule has 4 nitrogen and oxygen atoms in total. The van der Waals surface area contributed by atoms with E-state index in [1.165, 1.54) is 0 Å². The quantitative estimate of drug-likeness (QED) is 0.450. The van der Waals surface area contributed by atoms with E-state index < -0.39 is 0 Å². The van der Waals surface area contributed by atoms with E-state index in [2.05, 4.69) is 24.5 Å². The Hall–Kier alpha value is -0.827. The monoisotopic (exact) mass is 465 g/mol. The summed E-state index contributed by atoms with van der Waals surface area (Å²) in [6, 6.07) is 0.